The normalized spacial score (nSPS) is 11.0. The summed E-state index contributed by atoms with van der Waals surface area (Å²) in [7, 11) is 0. The second-order valence-electron chi connectivity index (χ2n) is 6.74. The van der Waals surface area contributed by atoms with Crippen LogP contribution in [0.25, 0.3) is 16.7 Å². The first-order valence-electron chi connectivity index (χ1n) is 9.18. The maximum absolute atomic E-state index is 12.7. The number of aromatic nitrogens is 3. The Morgan fingerprint density at radius 1 is 1.07 bits per heavy atom. The fraction of sp³-hybridized carbons (Fsp3) is 0.136. The molecule has 1 heterocycles. The number of hydrogen-bond acceptors (Lipinski definition) is 3. The van der Waals surface area contributed by atoms with Crippen LogP contribution in [0.5, 0.6) is 0 Å². The van der Waals surface area contributed by atoms with E-state index in [9.17, 15) is 4.79 Å². The Labute approximate surface area is 181 Å². The van der Waals surface area contributed by atoms with Crippen LogP contribution >= 0.6 is 27.5 Å². The van der Waals surface area contributed by atoms with E-state index in [1.54, 1.807) is 23.0 Å². The third-order valence-corrected chi connectivity index (χ3v) is 5.55. The lowest BCUT2D eigenvalue weighted by atomic mass is 10.1. The first-order chi connectivity index (χ1) is 13.9. The van der Waals surface area contributed by atoms with Gasteiger partial charge in [0.25, 0.3) is 5.91 Å². The van der Waals surface area contributed by atoms with Gasteiger partial charge in [-0.05, 0) is 66.9 Å². The third-order valence-electron chi connectivity index (χ3n) is 4.72. The van der Waals surface area contributed by atoms with Crippen LogP contribution in [0, 0.1) is 6.92 Å². The lowest BCUT2D eigenvalue weighted by Gasteiger charge is -2.09. The Bertz CT molecular complexity index is 1220. The van der Waals surface area contributed by atoms with Gasteiger partial charge in [0.15, 0.2) is 0 Å². The molecule has 146 valence electrons. The van der Waals surface area contributed by atoms with Gasteiger partial charge in [-0.1, -0.05) is 46.6 Å². The van der Waals surface area contributed by atoms with Crippen molar-refractivity contribution in [1.29, 1.82) is 0 Å². The molecule has 1 N–H and O–H groups in total. The van der Waals surface area contributed by atoms with E-state index in [1.807, 2.05) is 31.2 Å². The van der Waals surface area contributed by atoms with Crippen LogP contribution in [0.2, 0.25) is 5.02 Å². The summed E-state index contributed by atoms with van der Waals surface area (Å²) in [6.07, 6.45) is 0.985. The summed E-state index contributed by atoms with van der Waals surface area (Å²) in [5.41, 5.74) is 5.59. The van der Waals surface area contributed by atoms with E-state index < -0.39 is 0 Å². The summed E-state index contributed by atoms with van der Waals surface area (Å²) in [5, 5.41) is 12.5. The summed E-state index contributed by atoms with van der Waals surface area (Å²) in [5.74, 6) is -0.277. The molecule has 29 heavy (non-hydrogen) atoms. The maximum Gasteiger partial charge on any atom is 0.257 e. The topological polar surface area (TPSA) is 59.8 Å². The Morgan fingerprint density at radius 2 is 1.76 bits per heavy atom. The number of halogens is 2. The van der Waals surface area contributed by atoms with Gasteiger partial charge in [0, 0.05) is 10.2 Å². The molecule has 0 spiro atoms. The van der Waals surface area contributed by atoms with Crippen molar-refractivity contribution in [2.24, 2.45) is 0 Å². The molecule has 0 fully saturated rings. The molecule has 3 aromatic carbocycles. The zero-order valence-electron chi connectivity index (χ0n) is 15.9. The molecule has 0 radical (unpaired) electrons. The third kappa shape index (κ3) is 4.04. The summed E-state index contributed by atoms with van der Waals surface area (Å²) < 4.78 is 0.788. The van der Waals surface area contributed by atoms with E-state index in [-0.39, 0.29) is 5.91 Å². The van der Waals surface area contributed by atoms with Gasteiger partial charge in [0.2, 0.25) is 0 Å². The predicted octanol–water partition coefficient (Wildman–Crippen LogP) is 5.96. The van der Waals surface area contributed by atoms with Crippen LogP contribution in [0.15, 0.2) is 59.1 Å². The minimum atomic E-state index is -0.277. The molecular formula is C22H18BrClN4O. The highest BCUT2D eigenvalue weighted by atomic mass is 79.9. The van der Waals surface area contributed by atoms with Crippen molar-refractivity contribution in [3.05, 3.63) is 80.8 Å². The van der Waals surface area contributed by atoms with E-state index in [1.165, 1.54) is 5.56 Å². The van der Waals surface area contributed by atoms with Crippen molar-refractivity contribution >= 4 is 50.2 Å². The molecule has 0 unspecified atom stereocenters. The molecule has 0 aliphatic rings. The number of aryl methyl sites for hydroxylation is 2. The van der Waals surface area contributed by atoms with E-state index in [4.69, 9.17) is 11.6 Å². The number of amides is 1. The lowest BCUT2D eigenvalue weighted by Crippen LogP contribution is -2.13. The van der Waals surface area contributed by atoms with Crippen molar-refractivity contribution < 1.29 is 4.79 Å². The highest BCUT2D eigenvalue weighted by Gasteiger charge is 2.14. The molecule has 0 aliphatic carbocycles. The minimum absolute atomic E-state index is 0.277. The number of rotatable bonds is 4. The van der Waals surface area contributed by atoms with Crippen molar-refractivity contribution in [1.82, 2.24) is 15.0 Å². The lowest BCUT2D eigenvalue weighted by molar-refractivity contribution is 0.102. The van der Waals surface area contributed by atoms with Crippen molar-refractivity contribution in [2.45, 2.75) is 20.3 Å². The molecule has 0 aliphatic heterocycles. The van der Waals surface area contributed by atoms with Gasteiger partial charge in [-0.3, -0.25) is 4.79 Å². The van der Waals surface area contributed by atoms with Crippen molar-refractivity contribution in [2.75, 3.05) is 5.32 Å². The largest absolute Gasteiger partial charge is 0.322 e. The molecule has 0 atom stereocenters. The number of benzene rings is 3. The van der Waals surface area contributed by atoms with Gasteiger partial charge >= 0.3 is 0 Å². The number of hydrogen-bond donors (Lipinski definition) is 1. The van der Waals surface area contributed by atoms with Gasteiger partial charge in [-0.15, -0.1) is 10.2 Å². The summed E-state index contributed by atoms with van der Waals surface area (Å²) >= 11 is 9.55. The van der Waals surface area contributed by atoms with Gasteiger partial charge in [-0.2, -0.15) is 4.80 Å². The number of nitrogens with zero attached hydrogens (tertiary/aromatic N) is 3. The molecule has 0 saturated carbocycles. The number of carbonyl (C=O) groups is 1. The van der Waals surface area contributed by atoms with Crippen molar-refractivity contribution in [3.8, 4) is 5.69 Å². The van der Waals surface area contributed by atoms with E-state index in [0.717, 1.165) is 27.7 Å². The average Bonchev–Trinajstić information content (AvgIpc) is 3.12. The average molecular weight is 470 g/mol. The van der Waals surface area contributed by atoms with Crippen LogP contribution in [-0.4, -0.2) is 20.9 Å². The van der Waals surface area contributed by atoms with Gasteiger partial charge in [0.05, 0.1) is 16.3 Å². The fourth-order valence-electron chi connectivity index (χ4n) is 3.04. The predicted molar refractivity (Wildman–Crippen MR) is 120 cm³/mol. The minimum Gasteiger partial charge on any atom is -0.322 e. The first-order valence-corrected chi connectivity index (χ1v) is 10.3. The number of carbonyl (C=O) groups excluding carboxylic acids is 1. The molecule has 0 saturated heterocycles. The van der Waals surface area contributed by atoms with Gasteiger partial charge in [0.1, 0.15) is 11.0 Å². The quantitative estimate of drug-likeness (QED) is 0.401. The summed E-state index contributed by atoms with van der Waals surface area (Å²) in [4.78, 5) is 14.3. The summed E-state index contributed by atoms with van der Waals surface area (Å²) in [6, 6.07) is 17.1. The molecule has 5 nitrogen and oxygen atoms in total. The first kappa shape index (κ1) is 19.6. The van der Waals surface area contributed by atoms with Crippen LogP contribution in [0.4, 0.5) is 5.69 Å². The van der Waals surface area contributed by atoms with Crippen LogP contribution in [-0.2, 0) is 6.42 Å². The van der Waals surface area contributed by atoms with E-state index >= 15 is 0 Å². The molecule has 1 aromatic heterocycles. The molecule has 0 bridgehead atoms. The molecular weight excluding hydrogens is 452 g/mol. The molecule has 4 aromatic rings. The smallest absolute Gasteiger partial charge is 0.257 e. The zero-order chi connectivity index (χ0) is 20.5. The Hall–Kier alpha value is -2.70. The number of fused-ring (bicyclic) bond motifs is 1. The fourth-order valence-corrected chi connectivity index (χ4v) is 3.61. The standard InChI is InChI=1S/C22H18BrClN4O/c1-3-14-4-7-16(8-5-14)28-26-20-10-13(2)19(12-21(20)27-28)25-22(29)17-11-15(23)6-9-18(17)24/h4-12H,3H2,1-2H3,(H,25,29). The maximum atomic E-state index is 12.7. The van der Waals surface area contributed by atoms with Crippen LogP contribution in [0.3, 0.4) is 0 Å². The van der Waals surface area contributed by atoms with E-state index in [0.29, 0.717) is 21.8 Å². The van der Waals surface area contributed by atoms with Crippen LogP contribution in [0.1, 0.15) is 28.4 Å². The molecule has 4 rings (SSSR count). The SMILES string of the molecule is CCc1ccc(-n2nc3cc(C)c(NC(=O)c4cc(Br)ccc4Cl)cc3n2)cc1. The number of anilines is 1. The van der Waals surface area contributed by atoms with Gasteiger partial charge < -0.3 is 5.32 Å². The van der Waals surface area contributed by atoms with E-state index in [2.05, 4.69) is 50.5 Å². The zero-order valence-corrected chi connectivity index (χ0v) is 18.3. The highest BCUT2D eigenvalue weighted by Crippen LogP contribution is 2.25. The van der Waals surface area contributed by atoms with Crippen molar-refractivity contribution in [3.63, 3.8) is 0 Å². The Balaban J connectivity index is 1.66. The van der Waals surface area contributed by atoms with Crippen LogP contribution < -0.4 is 5.32 Å². The van der Waals surface area contributed by atoms with Gasteiger partial charge in [-0.25, -0.2) is 0 Å². The second kappa shape index (κ2) is 7.97. The summed E-state index contributed by atoms with van der Waals surface area (Å²) in [6.45, 7) is 4.04. The second-order valence-corrected chi connectivity index (χ2v) is 8.07. The Morgan fingerprint density at radius 3 is 2.45 bits per heavy atom. The monoisotopic (exact) mass is 468 g/mol. The Kier molecular flexibility index (Phi) is 5.39. The number of nitrogens with one attached hydrogen (secondary N) is 1. The highest BCUT2D eigenvalue weighted by molar-refractivity contribution is 9.10. The molecule has 1 amide bonds. The molecule has 7 heteroatoms.